The molecule has 1 aromatic carbocycles. The highest BCUT2D eigenvalue weighted by atomic mass is 16.4. The molecule has 8 atom stereocenters. The molecule has 1 aromatic rings. The smallest absolute Gasteiger partial charge is 0.331 e. The van der Waals surface area contributed by atoms with E-state index in [4.69, 9.17) is 0 Å². The maximum atomic E-state index is 11.6. The molecule has 0 aliphatic heterocycles. The normalized spacial score (nSPS) is 39.8. The molecule has 3 nitrogen and oxygen atoms in total. The number of allylic oxidation sites excluding steroid dienone is 2. The molecule has 0 amide bonds. The van der Waals surface area contributed by atoms with E-state index < -0.39 is 12.1 Å². The van der Waals surface area contributed by atoms with Crippen molar-refractivity contribution < 1.29 is 15.0 Å². The largest absolute Gasteiger partial charge is 0.478 e. The molecule has 0 heterocycles. The maximum Gasteiger partial charge on any atom is 0.331 e. The van der Waals surface area contributed by atoms with Gasteiger partial charge in [-0.2, -0.15) is 0 Å². The molecule has 2 saturated carbocycles. The Morgan fingerprint density at radius 1 is 1.00 bits per heavy atom. The zero-order valence-corrected chi connectivity index (χ0v) is 16.3. The maximum absolute atomic E-state index is 11.6. The second-order valence-corrected chi connectivity index (χ2v) is 9.37. The first-order valence-corrected chi connectivity index (χ1v) is 11.0. The number of aliphatic hydroxyl groups is 1. The second kappa shape index (κ2) is 7.18. The lowest BCUT2D eigenvalue weighted by atomic mass is 9.50. The van der Waals surface area contributed by atoms with Crippen LogP contribution in [0.25, 0.3) is 0 Å². The molecule has 2 fully saturated rings. The van der Waals surface area contributed by atoms with Crippen LogP contribution in [-0.2, 0) is 11.2 Å². The number of rotatable bonds is 7. The van der Waals surface area contributed by atoms with Crippen LogP contribution in [-0.4, -0.2) is 22.3 Å². The number of carbonyl (C=O) groups is 1. The molecular weight excluding hydrogens is 348 g/mol. The van der Waals surface area contributed by atoms with Crippen molar-refractivity contribution >= 4 is 5.97 Å². The number of aliphatic carboxylic acids is 1. The summed E-state index contributed by atoms with van der Waals surface area (Å²) in [5.41, 5.74) is 1.86. The van der Waals surface area contributed by atoms with Gasteiger partial charge in [0, 0.05) is 11.5 Å². The van der Waals surface area contributed by atoms with Gasteiger partial charge in [-0.15, -0.1) is 0 Å². The minimum Gasteiger partial charge on any atom is -0.478 e. The molecule has 4 aliphatic rings. The van der Waals surface area contributed by atoms with E-state index in [1.165, 1.54) is 37.7 Å². The van der Waals surface area contributed by atoms with E-state index in [-0.39, 0.29) is 11.8 Å². The minimum atomic E-state index is -0.858. The predicted molar refractivity (Wildman–Crippen MR) is 109 cm³/mol. The fraction of sp³-hybridized carbons (Fsp3) is 0.560. The standard InChI is InChI=1S/C25H30O3/c26-22-14-20(25(27)28)18-12-11-17-16(19-13-21(22)24(18)23(17)19)10-6-2-5-9-15-7-3-1-4-8-15/h1,3-4,7-8,11-12,14,16-19,21-24,26H,2,5-6,9-10,13H2,(H,27,28). The highest BCUT2D eigenvalue weighted by Crippen LogP contribution is 2.67. The number of aryl methyl sites for hydroxylation is 1. The summed E-state index contributed by atoms with van der Waals surface area (Å²) < 4.78 is 0. The van der Waals surface area contributed by atoms with Gasteiger partial charge < -0.3 is 10.2 Å². The summed E-state index contributed by atoms with van der Waals surface area (Å²) in [5, 5.41) is 20.1. The first kappa shape index (κ1) is 18.2. The van der Waals surface area contributed by atoms with Crippen LogP contribution in [0.4, 0.5) is 0 Å². The van der Waals surface area contributed by atoms with Crippen LogP contribution in [0.3, 0.4) is 0 Å². The summed E-state index contributed by atoms with van der Waals surface area (Å²) in [6.45, 7) is 0. The Hall–Kier alpha value is -1.87. The lowest BCUT2D eigenvalue weighted by Gasteiger charge is -2.54. The number of unbranched alkanes of at least 4 members (excludes halogenated alkanes) is 2. The molecule has 0 saturated heterocycles. The van der Waals surface area contributed by atoms with Crippen molar-refractivity contribution in [3.8, 4) is 0 Å². The predicted octanol–water partition coefficient (Wildman–Crippen LogP) is 4.48. The van der Waals surface area contributed by atoms with Gasteiger partial charge >= 0.3 is 5.97 Å². The lowest BCUT2D eigenvalue weighted by molar-refractivity contribution is -0.134. The van der Waals surface area contributed by atoms with Crippen molar-refractivity contribution in [2.75, 3.05) is 0 Å². The van der Waals surface area contributed by atoms with Gasteiger partial charge in [-0.05, 0) is 72.8 Å². The van der Waals surface area contributed by atoms with Gasteiger partial charge in [-0.25, -0.2) is 4.79 Å². The SMILES string of the molecule is O=C(O)C1=CC(O)C2CC3C(CCCCCc4ccccc4)C4C=CC1C2C43. The van der Waals surface area contributed by atoms with Crippen LogP contribution < -0.4 is 0 Å². The molecule has 0 spiro atoms. The zero-order chi connectivity index (χ0) is 19.3. The van der Waals surface area contributed by atoms with Gasteiger partial charge in [0.25, 0.3) is 0 Å². The highest BCUT2D eigenvalue weighted by Gasteiger charge is 2.63. The molecule has 5 rings (SSSR count). The molecule has 28 heavy (non-hydrogen) atoms. The average Bonchev–Trinajstić information content (AvgIpc) is 3.06. The van der Waals surface area contributed by atoms with E-state index in [0.717, 1.165) is 12.3 Å². The van der Waals surface area contributed by atoms with Gasteiger partial charge in [0.2, 0.25) is 0 Å². The third kappa shape index (κ3) is 2.86. The highest BCUT2D eigenvalue weighted by molar-refractivity contribution is 5.88. The fourth-order valence-electron chi connectivity index (χ4n) is 7.03. The molecule has 0 aromatic heterocycles. The van der Waals surface area contributed by atoms with Crippen molar-refractivity contribution in [1.29, 1.82) is 0 Å². The summed E-state index contributed by atoms with van der Waals surface area (Å²) in [5.74, 6) is 2.42. The Morgan fingerprint density at radius 2 is 1.82 bits per heavy atom. The summed E-state index contributed by atoms with van der Waals surface area (Å²) in [6, 6.07) is 10.7. The quantitative estimate of drug-likeness (QED) is 0.543. The number of hydrogen-bond acceptors (Lipinski definition) is 2. The van der Waals surface area contributed by atoms with E-state index in [0.29, 0.717) is 29.2 Å². The van der Waals surface area contributed by atoms with Crippen molar-refractivity contribution in [3.05, 3.63) is 59.7 Å². The minimum absolute atomic E-state index is 0.0176. The van der Waals surface area contributed by atoms with Gasteiger partial charge in [0.05, 0.1) is 6.10 Å². The molecule has 4 aliphatic carbocycles. The third-order valence-corrected chi connectivity index (χ3v) is 8.16. The number of carboxylic acid groups (broad SMARTS) is 1. The molecule has 2 N–H and O–H groups in total. The van der Waals surface area contributed by atoms with Gasteiger partial charge in [-0.3, -0.25) is 0 Å². The Morgan fingerprint density at radius 3 is 2.61 bits per heavy atom. The number of benzene rings is 1. The van der Waals surface area contributed by atoms with Crippen LogP contribution in [0.15, 0.2) is 54.1 Å². The van der Waals surface area contributed by atoms with E-state index in [9.17, 15) is 15.0 Å². The summed E-state index contributed by atoms with van der Waals surface area (Å²) in [4.78, 5) is 11.6. The van der Waals surface area contributed by atoms with Gasteiger partial charge in [0.1, 0.15) is 0 Å². The first-order valence-electron chi connectivity index (χ1n) is 11.0. The number of aliphatic hydroxyl groups excluding tert-OH is 1. The van der Waals surface area contributed by atoms with Crippen molar-refractivity contribution in [1.82, 2.24) is 0 Å². The third-order valence-electron chi connectivity index (χ3n) is 8.16. The molecule has 0 radical (unpaired) electrons. The molecule has 3 heteroatoms. The summed E-state index contributed by atoms with van der Waals surface area (Å²) in [7, 11) is 0. The Labute approximate surface area is 167 Å². The van der Waals surface area contributed by atoms with E-state index in [1.54, 1.807) is 6.08 Å². The van der Waals surface area contributed by atoms with Crippen molar-refractivity contribution in [2.24, 2.45) is 41.4 Å². The van der Waals surface area contributed by atoms with Crippen LogP contribution in [0.2, 0.25) is 0 Å². The second-order valence-electron chi connectivity index (χ2n) is 9.37. The number of carboxylic acids is 1. The average molecular weight is 379 g/mol. The zero-order valence-electron chi connectivity index (χ0n) is 16.3. The monoisotopic (exact) mass is 378 g/mol. The van der Waals surface area contributed by atoms with Gasteiger partial charge in [-0.1, -0.05) is 55.3 Å². The topological polar surface area (TPSA) is 57.5 Å². The van der Waals surface area contributed by atoms with Crippen LogP contribution >= 0.6 is 0 Å². The molecule has 148 valence electrons. The van der Waals surface area contributed by atoms with E-state index >= 15 is 0 Å². The Bertz CT molecular complexity index is 795. The lowest BCUT2D eigenvalue weighted by Crippen LogP contribution is -2.50. The van der Waals surface area contributed by atoms with Crippen molar-refractivity contribution in [3.63, 3.8) is 0 Å². The van der Waals surface area contributed by atoms with E-state index in [1.807, 2.05) is 0 Å². The first-order chi connectivity index (χ1) is 13.6. The number of hydrogen-bond donors (Lipinski definition) is 2. The molecule has 8 unspecified atom stereocenters. The molecular formula is C25H30O3. The van der Waals surface area contributed by atoms with Crippen LogP contribution in [0.1, 0.15) is 37.7 Å². The Kier molecular flexibility index (Phi) is 4.66. The summed E-state index contributed by atoms with van der Waals surface area (Å²) >= 11 is 0. The van der Waals surface area contributed by atoms with Crippen molar-refractivity contribution in [2.45, 2.75) is 44.6 Å². The van der Waals surface area contributed by atoms with Crippen LogP contribution in [0.5, 0.6) is 0 Å². The van der Waals surface area contributed by atoms with Crippen LogP contribution in [0, 0.1) is 41.4 Å². The van der Waals surface area contributed by atoms with Gasteiger partial charge in [0.15, 0.2) is 0 Å². The summed E-state index contributed by atoms with van der Waals surface area (Å²) in [6.07, 6.45) is 12.9. The van der Waals surface area contributed by atoms with E-state index in [2.05, 4.69) is 42.5 Å². The Balaban J connectivity index is 1.19. The fourth-order valence-corrected chi connectivity index (χ4v) is 7.03. The molecule has 0 bridgehead atoms.